The highest BCUT2D eigenvalue weighted by Crippen LogP contribution is 2.42. The summed E-state index contributed by atoms with van der Waals surface area (Å²) in [4.78, 5) is 12.0. The Kier molecular flexibility index (Phi) is 5.02. The van der Waals surface area contributed by atoms with Crippen LogP contribution in [0.15, 0.2) is 48.5 Å². The average Bonchev–Trinajstić information content (AvgIpc) is 3.43. The fourth-order valence-electron chi connectivity index (χ4n) is 2.43. The van der Waals surface area contributed by atoms with E-state index in [0.717, 1.165) is 23.6 Å². The third-order valence-corrected chi connectivity index (χ3v) is 5.07. The number of rotatable bonds is 7. The third-order valence-electron chi connectivity index (χ3n) is 4.06. The molecule has 3 aromatic rings. The Morgan fingerprint density at radius 3 is 2.33 bits per heavy atom. The molecule has 1 aliphatic rings. The van der Waals surface area contributed by atoms with Gasteiger partial charge in [0.05, 0.1) is 0 Å². The molecule has 1 aromatic heterocycles. The number of ether oxygens (including phenoxy) is 2. The highest BCUT2D eigenvalue weighted by Gasteiger charge is 2.27. The normalized spacial score (nSPS) is 13.2. The van der Waals surface area contributed by atoms with Crippen LogP contribution in [-0.4, -0.2) is 22.7 Å². The molecule has 0 saturated heterocycles. The van der Waals surface area contributed by atoms with Crippen molar-refractivity contribution in [3.63, 3.8) is 0 Å². The molecule has 1 amide bonds. The molecule has 1 saturated carbocycles. The molecule has 6 nitrogen and oxygen atoms in total. The van der Waals surface area contributed by atoms with E-state index in [4.69, 9.17) is 9.47 Å². The highest BCUT2D eigenvalue weighted by atomic mass is 32.1. The van der Waals surface area contributed by atoms with Crippen LogP contribution < -0.4 is 14.8 Å². The lowest BCUT2D eigenvalue weighted by Gasteiger charge is -2.08. The maximum Gasteiger partial charge on any atom is 0.264 e. The van der Waals surface area contributed by atoms with E-state index in [-0.39, 0.29) is 12.5 Å². The number of hydrogen-bond acceptors (Lipinski definition) is 6. The Bertz CT molecular complexity index is 918. The van der Waals surface area contributed by atoms with Gasteiger partial charge in [-0.15, -0.1) is 10.2 Å². The van der Waals surface area contributed by atoms with E-state index in [0.29, 0.717) is 22.5 Å². The van der Waals surface area contributed by atoms with Crippen LogP contribution in [0, 0.1) is 6.92 Å². The van der Waals surface area contributed by atoms with Crippen LogP contribution in [0.1, 0.15) is 29.3 Å². The van der Waals surface area contributed by atoms with Crippen LogP contribution in [0.2, 0.25) is 0 Å². The second-order valence-corrected chi connectivity index (χ2v) is 7.45. The zero-order chi connectivity index (χ0) is 18.6. The minimum absolute atomic E-state index is 0.0868. The van der Waals surface area contributed by atoms with Crippen LogP contribution >= 0.6 is 11.3 Å². The standard InChI is InChI=1S/C20H19N3O3S/c1-13-2-6-16(7-3-13)26-17-10-8-15(9-11-17)25-12-18(24)21-20-23-22-19(27-20)14-4-5-14/h2-3,6-11,14H,4-5,12H2,1H3,(H,21,23,24). The van der Waals surface area contributed by atoms with E-state index in [2.05, 4.69) is 15.5 Å². The number of carbonyl (C=O) groups excluding carboxylic acids is 1. The van der Waals surface area contributed by atoms with Gasteiger partial charge >= 0.3 is 0 Å². The molecule has 0 spiro atoms. The molecule has 0 radical (unpaired) electrons. The number of nitrogens with zero attached hydrogens (tertiary/aromatic N) is 2. The van der Waals surface area contributed by atoms with E-state index in [1.54, 1.807) is 24.3 Å². The first kappa shape index (κ1) is 17.5. The SMILES string of the molecule is Cc1ccc(Oc2ccc(OCC(=O)Nc3nnc(C4CC4)s3)cc2)cc1. The molecule has 1 aliphatic carbocycles. The van der Waals surface area contributed by atoms with Crippen molar-refractivity contribution in [2.24, 2.45) is 0 Å². The van der Waals surface area contributed by atoms with Gasteiger partial charge < -0.3 is 9.47 Å². The molecule has 27 heavy (non-hydrogen) atoms. The number of carbonyl (C=O) groups is 1. The van der Waals surface area contributed by atoms with Gasteiger partial charge in [0.25, 0.3) is 5.91 Å². The quantitative estimate of drug-likeness (QED) is 0.651. The van der Waals surface area contributed by atoms with E-state index in [9.17, 15) is 4.79 Å². The maximum absolute atomic E-state index is 12.0. The molecule has 1 heterocycles. The summed E-state index contributed by atoms with van der Waals surface area (Å²) in [7, 11) is 0. The predicted octanol–water partition coefficient (Wildman–Crippen LogP) is 4.53. The molecular weight excluding hydrogens is 362 g/mol. The Morgan fingerprint density at radius 1 is 1.04 bits per heavy atom. The molecule has 0 aliphatic heterocycles. The molecule has 0 unspecified atom stereocenters. The van der Waals surface area contributed by atoms with Crippen molar-refractivity contribution in [1.29, 1.82) is 0 Å². The fourth-order valence-corrected chi connectivity index (χ4v) is 3.36. The van der Waals surface area contributed by atoms with Crippen LogP contribution in [0.3, 0.4) is 0 Å². The van der Waals surface area contributed by atoms with Crippen molar-refractivity contribution in [2.75, 3.05) is 11.9 Å². The number of anilines is 1. The van der Waals surface area contributed by atoms with Crippen molar-refractivity contribution >= 4 is 22.4 Å². The van der Waals surface area contributed by atoms with Crippen LogP contribution in [0.5, 0.6) is 17.2 Å². The fraction of sp³-hybridized carbons (Fsp3) is 0.250. The van der Waals surface area contributed by atoms with Crippen molar-refractivity contribution < 1.29 is 14.3 Å². The monoisotopic (exact) mass is 381 g/mol. The van der Waals surface area contributed by atoms with Gasteiger partial charge in [-0.05, 0) is 56.2 Å². The zero-order valence-electron chi connectivity index (χ0n) is 14.8. The number of aryl methyl sites for hydroxylation is 1. The van der Waals surface area contributed by atoms with E-state index >= 15 is 0 Å². The van der Waals surface area contributed by atoms with Gasteiger partial charge in [-0.2, -0.15) is 0 Å². The molecule has 1 N–H and O–H groups in total. The lowest BCUT2D eigenvalue weighted by molar-refractivity contribution is -0.118. The Hall–Kier alpha value is -2.93. The smallest absolute Gasteiger partial charge is 0.264 e. The van der Waals surface area contributed by atoms with Gasteiger partial charge in [0.15, 0.2) is 6.61 Å². The van der Waals surface area contributed by atoms with Gasteiger partial charge in [-0.25, -0.2) is 0 Å². The summed E-state index contributed by atoms with van der Waals surface area (Å²) in [5.74, 6) is 2.35. The Labute approximate surface area is 161 Å². The lowest BCUT2D eigenvalue weighted by Crippen LogP contribution is -2.20. The Morgan fingerprint density at radius 2 is 1.67 bits per heavy atom. The molecule has 2 aromatic carbocycles. The summed E-state index contributed by atoms with van der Waals surface area (Å²) in [6, 6.07) is 15.0. The second-order valence-electron chi connectivity index (χ2n) is 6.44. The second kappa shape index (κ2) is 7.75. The first-order chi connectivity index (χ1) is 13.2. The summed E-state index contributed by atoms with van der Waals surface area (Å²) in [6.45, 7) is 1.94. The highest BCUT2D eigenvalue weighted by molar-refractivity contribution is 7.15. The van der Waals surface area contributed by atoms with Crippen LogP contribution in [0.25, 0.3) is 0 Å². The largest absolute Gasteiger partial charge is 0.484 e. The van der Waals surface area contributed by atoms with Crippen LogP contribution in [-0.2, 0) is 4.79 Å². The van der Waals surface area contributed by atoms with Gasteiger partial charge in [0.1, 0.15) is 22.3 Å². The first-order valence-electron chi connectivity index (χ1n) is 8.76. The van der Waals surface area contributed by atoms with Gasteiger partial charge in [0, 0.05) is 5.92 Å². The van der Waals surface area contributed by atoms with Crippen LogP contribution in [0.4, 0.5) is 5.13 Å². The predicted molar refractivity (Wildman–Crippen MR) is 104 cm³/mol. The zero-order valence-corrected chi connectivity index (χ0v) is 15.7. The van der Waals surface area contributed by atoms with E-state index in [1.807, 2.05) is 31.2 Å². The number of amides is 1. The summed E-state index contributed by atoms with van der Waals surface area (Å²) in [5, 5.41) is 12.3. The molecular formula is C20H19N3O3S. The topological polar surface area (TPSA) is 73.3 Å². The summed E-state index contributed by atoms with van der Waals surface area (Å²) in [5.41, 5.74) is 1.18. The van der Waals surface area contributed by atoms with Crippen molar-refractivity contribution in [3.05, 3.63) is 59.1 Å². The van der Waals surface area contributed by atoms with Crippen molar-refractivity contribution in [3.8, 4) is 17.2 Å². The third kappa shape index (κ3) is 4.83. The Balaban J connectivity index is 1.26. The summed E-state index contributed by atoms with van der Waals surface area (Å²) in [6.07, 6.45) is 2.32. The van der Waals surface area contributed by atoms with Gasteiger partial charge in [-0.1, -0.05) is 29.0 Å². The minimum atomic E-state index is -0.256. The maximum atomic E-state index is 12.0. The molecule has 4 rings (SSSR count). The lowest BCUT2D eigenvalue weighted by atomic mass is 10.2. The van der Waals surface area contributed by atoms with Gasteiger partial charge in [0.2, 0.25) is 5.13 Å². The molecule has 0 bridgehead atoms. The number of aromatic nitrogens is 2. The summed E-state index contributed by atoms with van der Waals surface area (Å²) >= 11 is 1.43. The minimum Gasteiger partial charge on any atom is -0.484 e. The number of nitrogens with one attached hydrogen (secondary N) is 1. The summed E-state index contributed by atoms with van der Waals surface area (Å²) < 4.78 is 11.3. The van der Waals surface area contributed by atoms with E-state index in [1.165, 1.54) is 16.9 Å². The molecule has 138 valence electrons. The molecule has 0 atom stereocenters. The average molecular weight is 381 g/mol. The van der Waals surface area contributed by atoms with Gasteiger partial charge in [-0.3, -0.25) is 10.1 Å². The molecule has 1 fully saturated rings. The van der Waals surface area contributed by atoms with E-state index < -0.39 is 0 Å². The first-order valence-corrected chi connectivity index (χ1v) is 9.58. The number of benzene rings is 2. The molecule has 7 heteroatoms. The van der Waals surface area contributed by atoms with Crippen molar-refractivity contribution in [1.82, 2.24) is 10.2 Å². The van der Waals surface area contributed by atoms with Crippen molar-refractivity contribution in [2.45, 2.75) is 25.7 Å². The number of hydrogen-bond donors (Lipinski definition) is 1.